The topological polar surface area (TPSA) is 89.3 Å². The number of hydrogen-bond donors (Lipinski definition) is 2. The van der Waals surface area contributed by atoms with Crippen molar-refractivity contribution in [3.63, 3.8) is 0 Å². The summed E-state index contributed by atoms with van der Waals surface area (Å²) in [5.74, 6) is 1.49. The number of carbonyl (C=O) groups is 1. The zero-order valence-corrected chi connectivity index (χ0v) is 13.9. The summed E-state index contributed by atoms with van der Waals surface area (Å²) in [5.41, 5.74) is 0.804. The summed E-state index contributed by atoms with van der Waals surface area (Å²) >= 11 is 0. The van der Waals surface area contributed by atoms with Crippen molar-refractivity contribution in [1.29, 1.82) is 0 Å². The minimum atomic E-state index is -0.506. The molecule has 2 atom stereocenters. The molecule has 0 saturated carbocycles. The number of aromatic nitrogens is 2. The third-order valence-electron chi connectivity index (χ3n) is 4.21. The highest BCUT2D eigenvalue weighted by Crippen LogP contribution is 2.29. The summed E-state index contributed by atoms with van der Waals surface area (Å²) < 4.78 is 10.5. The van der Waals surface area contributed by atoms with Gasteiger partial charge in [-0.2, -0.15) is 4.98 Å². The number of para-hydroxylation sites is 1. The molecule has 1 aromatic carbocycles. The van der Waals surface area contributed by atoms with Gasteiger partial charge in [0.25, 0.3) is 0 Å². The average molecular weight is 330 g/mol. The molecule has 0 unspecified atom stereocenters. The molecule has 2 N–H and O–H groups in total. The van der Waals surface area contributed by atoms with Crippen LogP contribution in [0.25, 0.3) is 0 Å². The zero-order chi connectivity index (χ0) is 16.9. The Labute approximate surface area is 140 Å². The molecule has 1 aromatic heterocycles. The van der Waals surface area contributed by atoms with Crippen LogP contribution in [-0.4, -0.2) is 36.2 Å². The Hall–Kier alpha value is -2.41. The maximum absolute atomic E-state index is 12.7. The molecule has 2 heterocycles. The van der Waals surface area contributed by atoms with Gasteiger partial charge < -0.3 is 19.9 Å². The molecule has 3 rings (SSSR count). The fraction of sp³-hybridized carbons (Fsp3) is 0.471. The number of rotatable bonds is 5. The Morgan fingerprint density at radius 2 is 2.29 bits per heavy atom. The van der Waals surface area contributed by atoms with Gasteiger partial charge in [0.05, 0.1) is 13.0 Å². The molecule has 7 nitrogen and oxygen atoms in total. The Balaban J connectivity index is 1.89. The fourth-order valence-electron chi connectivity index (χ4n) is 2.95. The van der Waals surface area contributed by atoms with Crippen molar-refractivity contribution < 1.29 is 14.1 Å². The van der Waals surface area contributed by atoms with E-state index >= 15 is 0 Å². The lowest BCUT2D eigenvalue weighted by Gasteiger charge is -2.25. The molecule has 7 heteroatoms. The zero-order valence-electron chi connectivity index (χ0n) is 13.9. The lowest BCUT2D eigenvalue weighted by Crippen LogP contribution is -2.42. The number of nitrogens with one attached hydrogen (secondary N) is 2. The van der Waals surface area contributed by atoms with Crippen LogP contribution in [-0.2, 0) is 4.79 Å². The molecular weight excluding hydrogens is 308 g/mol. The molecule has 24 heavy (non-hydrogen) atoms. The van der Waals surface area contributed by atoms with Crippen molar-refractivity contribution in [1.82, 2.24) is 20.8 Å². The second-order valence-corrected chi connectivity index (χ2v) is 5.90. The molecule has 0 spiro atoms. The molecule has 0 aliphatic carbocycles. The number of carbonyl (C=O) groups excluding carboxylic acids is 1. The van der Waals surface area contributed by atoms with Crippen molar-refractivity contribution in [3.8, 4) is 5.75 Å². The second-order valence-electron chi connectivity index (χ2n) is 5.90. The van der Waals surface area contributed by atoms with Crippen LogP contribution in [0.2, 0.25) is 0 Å². The van der Waals surface area contributed by atoms with Crippen molar-refractivity contribution in [2.45, 2.75) is 25.8 Å². The molecular formula is C17H22N4O3. The average Bonchev–Trinajstić information content (AvgIpc) is 3.06. The summed E-state index contributed by atoms with van der Waals surface area (Å²) in [7, 11) is 1.60. The van der Waals surface area contributed by atoms with Crippen LogP contribution < -0.4 is 15.4 Å². The number of nitrogens with zero attached hydrogens (tertiary/aromatic N) is 2. The van der Waals surface area contributed by atoms with Gasteiger partial charge in [0, 0.05) is 19.0 Å². The summed E-state index contributed by atoms with van der Waals surface area (Å²) in [6.07, 6.45) is 1.88. The van der Waals surface area contributed by atoms with Gasteiger partial charge >= 0.3 is 0 Å². The SMILES string of the molecule is COc1ccccc1[C@H](NC(=O)[C@@H]1CCCNC1)c1noc(C)n1. The van der Waals surface area contributed by atoms with Gasteiger partial charge in [0.2, 0.25) is 11.8 Å². The first-order valence-corrected chi connectivity index (χ1v) is 8.13. The van der Waals surface area contributed by atoms with Gasteiger partial charge in [-0.05, 0) is 25.5 Å². The van der Waals surface area contributed by atoms with E-state index < -0.39 is 6.04 Å². The predicted octanol–water partition coefficient (Wildman–Crippen LogP) is 1.59. The van der Waals surface area contributed by atoms with Crippen LogP contribution in [0.1, 0.15) is 36.2 Å². The van der Waals surface area contributed by atoms with Crippen LogP contribution in [0.5, 0.6) is 5.75 Å². The van der Waals surface area contributed by atoms with Crippen molar-refractivity contribution in [2.24, 2.45) is 5.92 Å². The van der Waals surface area contributed by atoms with Gasteiger partial charge in [-0.15, -0.1) is 0 Å². The number of hydrogen-bond acceptors (Lipinski definition) is 6. The molecule has 1 saturated heterocycles. The monoisotopic (exact) mass is 330 g/mol. The summed E-state index contributed by atoms with van der Waals surface area (Å²) in [4.78, 5) is 17.0. The molecule has 2 aromatic rings. The number of piperidine rings is 1. The van der Waals surface area contributed by atoms with Crippen LogP contribution in [0.3, 0.4) is 0 Å². The smallest absolute Gasteiger partial charge is 0.225 e. The van der Waals surface area contributed by atoms with Gasteiger partial charge in [0.15, 0.2) is 5.82 Å². The minimum absolute atomic E-state index is 0.0134. The van der Waals surface area contributed by atoms with Crippen LogP contribution in [0.15, 0.2) is 28.8 Å². The lowest BCUT2D eigenvalue weighted by atomic mass is 9.97. The van der Waals surface area contributed by atoms with Crippen LogP contribution >= 0.6 is 0 Å². The molecule has 1 aliphatic heterocycles. The van der Waals surface area contributed by atoms with E-state index in [-0.39, 0.29) is 11.8 Å². The third kappa shape index (κ3) is 3.56. The number of amides is 1. The molecule has 1 fully saturated rings. The summed E-state index contributed by atoms with van der Waals surface area (Å²) in [6.45, 7) is 3.38. The largest absolute Gasteiger partial charge is 0.496 e. The Kier molecular flexibility index (Phi) is 5.10. The summed E-state index contributed by atoms with van der Waals surface area (Å²) in [5, 5.41) is 10.3. The third-order valence-corrected chi connectivity index (χ3v) is 4.21. The second kappa shape index (κ2) is 7.44. The minimum Gasteiger partial charge on any atom is -0.496 e. The summed E-state index contributed by atoms with van der Waals surface area (Å²) in [6, 6.07) is 7.02. The van der Waals surface area contributed by atoms with Crippen molar-refractivity contribution >= 4 is 5.91 Å². The molecule has 0 bridgehead atoms. The first kappa shape index (κ1) is 16.4. The highest BCUT2D eigenvalue weighted by atomic mass is 16.5. The normalized spacial score (nSPS) is 18.8. The highest BCUT2D eigenvalue weighted by Gasteiger charge is 2.28. The van der Waals surface area contributed by atoms with Crippen LogP contribution in [0.4, 0.5) is 0 Å². The maximum Gasteiger partial charge on any atom is 0.225 e. The van der Waals surface area contributed by atoms with E-state index in [2.05, 4.69) is 20.8 Å². The van der Waals surface area contributed by atoms with Gasteiger partial charge in [-0.1, -0.05) is 23.4 Å². The first-order chi connectivity index (χ1) is 11.7. The number of ether oxygens (including phenoxy) is 1. The first-order valence-electron chi connectivity index (χ1n) is 8.13. The van der Waals surface area contributed by atoms with Gasteiger partial charge in [0.1, 0.15) is 11.8 Å². The van der Waals surface area contributed by atoms with E-state index in [9.17, 15) is 4.79 Å². The number of methoxy groups -OCH3 is 1. The van der Waals surface area contributed by atoms with Crippen molar-refractivity contribution in [3.05, 3.63) is 41.5 Å². The number of aryl methyl sites for hydroxylation is 1. The van der Waals surface area contributed by atoms with E-state index in [1.54, 1.807) is 14.0 Å². The molecule has 1 aliphatic rings. The van der Waals surface area contributed by atoms with E-state index in [0.29, 0.717) is 24.0 Å². The molecule has 0 radical (unpaired) electrons. The van der Waals surface area contributed by atoms with E-state index in [4.69, 9.17) is 9.26 Å². The number of benzene rings is 1. The fourth-order valence-corrected chi connectivity index (χ4v) is 2.95. The molecule has 1 amide bonds. The van der Waals surface area contributed by atoms with E-state index in [0.717, 1.165) is 24.9 Å². The van der Waals surface area contributed by atoms with E-state index in [1.165, 1.54) is 0 Å². The maximum atomic E-state index is 12.7. The van der Waals surface area contributed by atoms with E-state index in [1.807, 2.05) is 24.3 Å². The highest BCUT2D eigenvalue weighted by molar-refractivity contribution is 5.80. The predicted molar refractivity (Wildman–Crippen MR) is 87.6 cm³/mol. The Bertz CT molecular complexity index is 695. The Morgan fingerprint density at radius 3 is 2.96 bits per heavy atom. The molecule has 128 valence electrons. The van der Waals surface area contributed by atoms with Gasteiger partial charge in [-0.25, -0.2) is 0 Å². The van der Waals surface area contributed by atoms with Gasteiger partial charge in [-0.3, -0.25) is 4.79 Å². The lowest BCUT2D eigenvalue weighted by molar-refractivity contribution is -0.126. The Morgan fingerprint density at radius 1 is 1.46 bits per heavy atom. The van der Waals surface area contributed by atoms with Crippen molar-refractivity contribution in [2.75, 3.05) is 20.2 Å². The standard InChI is InChI=1S/C17H22N4O3/c1-11-19-16(21-24-11)15(13-7-3-4-8-14(13)23-2)20-17(22)12-6-5-9-18-10-12/h3-4,7-8,12,15,18H,5-6,9-10H2,1-2H3,(H,20,22)/t12-,15+/m1/s1. The quantitative estimate of drug-likeness (QED) is 0.865. The van der Waals surface area contributed by atoms with Crippen LogP contribution in [0, 0.1) is 12.8 Å².